The summed E-state index contributed by atoms with van der Waals surface area (Å²) in [5, 5.41) is 0. The van der Waals surface area contributed by atoms with Crippen LogP contribution in [-0.4, -0.2) is 61.1 Å². The second-order valence-corrected chi connectivity index (χ2v) is 3.80. The molecule has 2 saturated heterocycles. The van der Waals surface area contributed by atoms with Gasteiger partial charge in [-0.1, -0.05) is 6.08 Å². The molecule has 0 aromatic carbocycles. The average molecular weight is 196 g/mol. The van der Waals surface area contributed by atoms with Crippen molar-refractivity contribution in [2.24, 2.45) is 0 Å². The molecule has 2 aliphatic heterocycles. The average Bonchev–Trinajstić information content (AvgIpc) is 2.18. The monoisotopic (exact) mass is 196 g/mol. The summed E-state index contributed by atoms with van der Waals surface area (Å²) < 4.78 is 5.15. The predicted octanol–water partition coefficient (Wildman–Crippen LogP) is -0.286. The van der Waals surface area contributed by atoms with Crippen LogP contribution in [0.2, 0.25) is 0 Å². The number of ether oxygens (including phenoxy) is 1. The maximum Gasteiger partial charge on any atom is 0.254 e. The largest absolute Gasteiger partial charge is 0.369 e. The number of hydrogen-bond donors (Lipinski definition) is 0. The topological polar surface area (TPSA) is 32.8 Å². The van der Waals surface area contributed by atoms with Crippen LogP contribution in [0.25, 0.3) is 0 Å². The van der Waals surface area contributed by atoms with Crippen LogP contribution in [0.3, 0.4) is 0 Å². The van der Waals surface area contributed by atoms with Crippen LogP contribution in [0.5, 0.6) is 0 Å². The molecule has 0 aromatic rings. The molecule has 0 unspecified atom stereocenters. The molecule has 4 heteroatoms. The van der Waals surface area contributed by atoms with Gasteiger partial charge in [0.1, 0.15) is 0 Å². The first kappa shape index (κ1) is 9.68. The molecule has 0 radical (unpaired) electrons. The fraction of sp³-hybridized carbons (Fsp3) is 0.700. The molecule has 2 heterocycles. The van der Waals surface area contributed by atoms with Gasteiger partial charge in [0.2, 0.25) is 0 Å². The standard InChI is InChI=1S/C10H16N2O2/c1-3-4-11-5-6-12-8(7-11)9(14-2)10(12)13/h3,8-9H,1,4-7H2,2H3/t8-,9+/m0/s1. The molecule has 0 aliphatic carbocycles. The Morgan fingerprint density at radius 3 is 3.07 bits per heavy atom. The van der Waals surface area contributed by atoms with Crippen LogP contribution >= 0.6 is 0 Å². The van der Waals surface area contributed by atoms with Crippen molar-refractivity contribution >= 4 is 5.91 Å². The molecular weight excluding hydrogens is 180 g/mol. The number of methoxy groups -OCH3 is 1. The third kappa shape index (κ3) is 1.35. The van der Waals surface area contributed by atoms with Crippen molar-refractivity contribution in [1.82, 2.24) is 9.80 Å². The Labute approximate surface area is 84.1 Å². The number of piperazine rings is 1. The lowest BCUT2D eigenvalue weighted by Gasteiger charge is -2.51. The van der Waals surface area contributed by atoms with Gasteiger partial charge < -0.3 is 9.64 Å². The maximum absolute atomic E-state index is 11.5. The summed E-state index contributed by atoms with van der Waals surface area (Å²) in [4.78, 5) is 15.7. The van der Waals surface area contributed by atoms with E-state index in [9.17, 15) is 4.79 Å². The van der Waals surface area contributed by atoms with E-state index < -0.39 is 0 Å². The smallest absolute Gasteiger partial charge is 0.254 e. The molecule has 0 bridgehead atoms. The van der Waals surface area contributed by atoms with Crippen molar-refractivity contribution in [3.8, 4) is 0 Å². The zero-order chi connectivity index (χ0) is 10.1. The Hall–Kier alpha value is -0.870. The van der Waals surface area contributed by atoms with Crippen LogP contribution in [-0.2, 0) is 9.53 Å². The van der Waals surface area contributed by atoms with Crippen molar-refractivity contribution < 1.29 is 9.53 Å². The minimum atomic E-state index is -0.206. The van der Waals surface area contributed by atoms with Crippen LogP contribution < -0.4 is 0 Å². The normalized spacial score (nSPS) is 32.4. The predicted molar refractivity (Wildman–Crippen MR) is 52.9 cm³/mol. The van der Waals surface area contributed by atoms with Crippen molar-refractivity contribution in [3.63, 3.8) is 0 Å². The first-order valence-corrected chi connectivity index (χ1v) is 4.94. The molecule has 0 N–H and O–H groups in total. The Morgan fingerprint density at radius 1 is 1.64 bits per heavy atom. The van der Waals surface area contributed by atoms with Crippen molar-refractivity contribution in [2.75, 3.05) is 33.3 Å². The molecule has 0 spiro atoms. The molecule has 2 fully saturated rings. The highest BCUT2D eigenvalue weighted by atomic mass is 16.5. The Balaban J connectivity index is 1.95. The third-order valence-electron chi connectivity index (χ3n) is 3.02. The molecule has 0 aromatic heterocycles. The zero-order valence-corrected chi connectivity index (χ0v) is 8.48. The number of nitrogens with zero attached hydrogens (tertiary/aromatic N) is 2. The molecular formula is C10H16N2O2. The second-order valence-electron chi connectivity index (χ2n) is 3.80. The van der Waals surface area contributed by atoms with Gasteiger partial charge in [-0.05, 0) is 0 Å². The summed E-state index contributed by atoms with van der Waals surface area (Å²) >= 11 is 0. The maximum atomic E-state index is 11.5. The summed E-state index contributed by atoms with van der Waals surface area (Å²) in [5.74, 6) is 0.149. The van der Waals surface area contributed by atoms with Gasteiger partial charge in [0, 0.05) is 33.3 Å². The number of fused-ring (bicyclic) bond motifs is 1. The minimum absolute atomic E-state index is 0.149. The van der Waals surface area contributed by atoms with E-state index in [1.54, 1.807) is 7.11 Å². The summed E-state index contributed by atoms with van der Waals surface area (Å²) in [6.45, 7) is 7.31. The van der Waals surface area contributed by atoms with Crippen LogP contribution in [0, 0.1) is 0 Å². The minimum Gasteiger partial charge on any atom is -0.369 e. The molecule has 2 aliphatic rings. The highest BCUT2D eigenvalue weighted by Gasteiger charge is 2.49. The number of carbonyl (C=O) groups excluding carboxylic acids is 1. The summed E-state index contributed by atoms with van der Waals surface area (Å²) in [5.41, 5.74) is 0. The first-order valence-electron chi connectivity index (χ1n) is 4.94. The number of amides is 1. The van der Waals surface area contributed by atoms with Crippen molar-refractivity contribution in [2.45, 2.75) is 12.1 Å². The van der Waals surface area contributed by atoms with Gasteiger partial charge in [0.15, 0.2) is 6.10 Å². The van der Waals surface area contributed by atoms with Gasteiger partial charge in [-0.3, -0.25) is 9.69 Å². The van der Waals surface area contributed by atoms with Crippen molar-refractivity contribution in [1.29, 1.82) is 0 Å². The Morgan fingerprint density at radius 2 is 2.43 bits per heavy atom. The van der Waals surface area contributed by atoms with E-state index in [2.05, 4.69) is 11.5 Å². The first-order chi connectivity index (χ1) is 6.77. The summed E-state index contributed by atoms with van der Waals surface area (Å²) in [7, 11) is 1.60. The molecule has 1 amide bonds. The van der Waals surface area contributed by atoms with E-state index in [-0.39, 0.29) is 18.1 Å². The van der Waals surface area contributed by atoms with E-state index in [0.29, 0.717) is 0 Å². The van der Waals surface area contributed by atoms with Gasteiger partial charge in [0.05, 0.1) is 6.04 Å². The molecule has 2 rings (SSSR count). The van der Waals surface area contributed by atoms with Crippen LogP contribution in [0.1, 0.15) is 0 Å². The third-order valence-corrected chi connectivity index (χ3v) is 3.02. The van der Waals surface area contributed by atoms with Gasteiger partial charge in [-0.25, -0.2) is 0 Å². The van der Waals surface area contributed by atoms with E-state index in [1.165, 1.54) is 0 Å². The highest BCUT2D eigenvalue weighted by molar-refractivity contribution is 5.88. The molecule has 0 saturated carbocycles. The van der Waals surface area contributed by atoms with Gasteiger partial charge in [-0.15, -0.1) is 6.58 Å². The summed E-state index contributed by atoms with van der Waals surface area (Å²) in [6, 6.07) is 0.265. The Bertz CT molecular complexity index is 247. The number of hydrogen-bond acceptors (Lipinski definition) is 3. The summed E-state index contributed by atoms with van der Waals surface area (Å²) in [6.07, 6.45) is 1.69. The lowest BCUT2D eigenvalue weighted by molar-refractivity contribution is -0.177. The molecule has 4 nitrogen and oxygen atoms in total. The van der Waals surface area contributed by atoms with E-state index in [0.717, 1.165) is 26.2 Å². The van der Waals surface area contributed by atoms with E-state index in [4.69, 9.17) is 4.74 Å². The number of β-lactam (4-membered cyclic amide) rings is 1. The Kier molecular flexibility index (Phi) is 2.56. The zero-order valence-electron chi connectivity index (χ0n) is 8.48. The number of carbonyl (C=O) groups is 1. The lowest BCUT2D eigenvalue weighted by Crippen LogP contribution is -2.72. The van der Waals surface area contributed by atoms with Gasteiger partial charge >= 0.3 is 0 Å². The van der Waals surface area contributed by atoms with E-state index in [1.807, 2.05) is 11.0 Å². The molecule has 78 valence electrons. The lowest BCUT2D eigenvalue weighted by atomic mass is 9.95. The number of rotatable bonds is 3. The van der Waals surface area contributed by atoms with Crippen LogP contribution in [0.4, 0.5) is 0 Å². The van der Waals surface area contributed by atoms with Gasteiger partial charge in [0.25, 0.3) is 5.91 Å². The SMILES string of the molecule is C=CCN1CCN2C(=O)[C@H](OC)[C@@H]2C1. The quantitative estimate of drug-likeness (QED) is 0.459. The van der Waals surface area contributed by atoms with Crippen molar-refractivity contribution in [3.05, 3.63) is 12.7 Å². The van der Waals surface area contributed by atoms with E-state index >= 15 is 0 Å². The van der Waals surface area contributed by atoms with Gasteiger partial charge in [-0.2, -0.15) is 0 Å². The fourth-order valence-electron chi connectivity index (χ4n) is 2.25. The fourth-order valence-corrected chi connectivity index (χ4v) is 2.25. The second kappa shape index (κ2) is 3.71. The highest BCUT2D eigenvalue weighted by Crippen LogP contribution is 2.26. The van der Waals surface area contributed by atoms with Crippen LogP contribution in [0.15, 0.2) is 12.7 Å². The molecule has 2 atom stereocenters. The molecule has 14 heavy (non-hydrogen) atoms.